The first kappa shape index (κ1) is 13.5. The Balaban J connectivity index is 2.48. The topological polar surface area (TPSA) is 12.0 Å². The van der Waals surface area contributed by atoms with Crippen LogP contribution in [-0.2, 0) is 0 Å². The molecular formula is C15H27N. The van der Waals surface area contributed by atoms with Crippen LogP contribution in [0.4, 0.5) is 0 Å². The molecule has 0 fully saturated rings. The Morgan fingerprint density at radius 1 is 1.44 bits per heavy atom. The summed E-state index contributed by atoms with van der Waals surface area (Å²) in [6, 6.07) is 0.550. The Bertz CT molecular complexity index is 246. The average Bonchev–Trinajstić information content (AvgIpc) is 2.26. The molecule has 0 aromatic heterocycles. The van der Waals surface area contributed by atoms with Gasteiger partial charge in [-0.15, -0.1) is 0 Å². The van der Waals surface area contributed by atoms with Gasteiger partial charge in [0, 0.05) is 6.04 Å². The van der Waals surface area contributed by atoms with Gasteiger partial charge in [-0.05, 0) is 58.9 Å². The number of rotatable bonds is 6. The van der Waals surface area contributed by atoms with Gasteiger partial charge in [-0.1, -0.05) is 30.2 Å². The van der Waals surface area contributed by atoms with Crippen LogP contribution in [0, 0.1) is 0 Å². The van der Waals surface area contributed by atoms with E-state index < -0.39 is 0 Å². The van der Waals surface area contributed by atoms with E-state index in [0.717, 1.165) is 6.54 Å². The summed E-state index contributed by atoms with van der Waals surface area (Å²) < 4.78 is 0. The van der Waals surface area contributed by atoms with Crippen molar-refractivity contribution in [3.8, 4) is 0 Å². The first-order valence-electron chi connectivity index (χ1n) is 6.78. The predicted octanol–water partition coefficient (Wildman–Crippen LogP) is 4.21. The quantitative estimate of drug-likeness (QED) is 0.662. The second kappa shape index (κ2) is 7.67. The van der Waals surface area contributed by atoms with Crippen LogP contribution >= 0.6 is 0 Å². The van der Waals surface area contributed by atoms with Crippen LogP contribution in [0.15, 0.2) is 23.3 Å². The number of nitrogens with one attached hydrogen (secondary N) is 1. The lowest BCUT2D eigenvalue weighted by Gasteiger charge is -2.19. The largest absolute Gasteiger partial charge is 0.310 e. The van der Waals surface area contributed by atoms with Crippen molar-refractivity contribution in [2.24, 2.45) is 0 Å². The third-order valence-corrected chi connectivity index (χ3v) is 3.06. The van der Waals surface area contributed by atoms with E-state index >= 15 is 0 Å². The van der Waals surface area contributed by atoms with Crippen LogP contribution in [0.2, 0.25) is 0 Å². The third-order valence-electron chi connectivity index (χ3n) is 3.06. The van der Waals surface area contributed by atoms with Crippen molar-refractivity contribution in [2.45, 2.75) is 65.3 Å². The summed E-state index contributed by atoms with van der Waals surface area (Å²) in [5.74, 6) is 0. The van der Waals surface area contributed by atoms with Crippen molar-refractivity contribution < 1.29 is 0 Å². The highest BCUT2D eigenvalue weighted by Gasteiger charge is 2.09. The van der Waals surface area contributed by atoms with E-state index in [1.165, 1.54) is 44.1 Å². The maximum Gasteiger partial charge on any atom is 0.0289 e. The van der Waals surface area contributed by atoms with Gasteiger partial charge in [0.1, 0.15) is 0 Å². The lowest BCUT2D eigenvalue weighted by Crippen LogP contribution is -2.28. The molecule has 1 N–H and O–H groups in total. The van der Waals surface area contributed by atoms with E-state index in [0.29, 0.717) is 6.04 Å². The van der Waals surface area contributed by atoms with Crippen molar-refractivity contribution in [3.63, 3.8) is 0 Å². The molecule has 0 aromatic carbocycles. The molecule has 0 amide bonds. The molecule has 1 atom stereocenters. The first-order valence-corrected chi connectivity index (χ1v) is 6.78. The molecule has 1 aliphatic rings. The minimum atomic E-state index is 0.550. The maximum atomic E-state index is 3.63. The van der Waals surface area contributed by atoms with Gasteiger partial charge in [-0.2, -0.15) is 0 Å². The molecule has 0 radical (unpaired) electrons. The molecule has 0 aromatic rings. The SMILES string of the molecule is CCCNC(C=C(C)C)CC1=CCCCC1. The molecule has 0 saturated carbocycles. The second-order valence-corrected chi connectivity index (χ2v) is 5.12. The molecule has 0 spiro atoms. The Kier molecular flexibility index (Phi) is 6.47. The lowest BCUT2D eigenvalue weighted by atomic mass is 9.93. The summed E-state index contributed by atoms with van der Waals surface area (Å²) in [7, 11) is 0. The van der Waals surface area contributed by atoms with Crippen molar-refractivity contribution >= 4 is 0 Å². The highest BCUT2D eigenvalue weighted by atomic mass is 14.9. The maximum absolute atomic E-state index is 3.63. The standard InChI is InChI=1S/C15H27N/c1-4-10-16-15(11-13(2)3)12-14-8-6-5-7-9-14/h8,11,15-16H,4-7,9-10,12H2,1-3H3. The highest BCUT2D eigenvalue weighted by Crippen LogP contribution is 2.22. The average molecular weight is 221 g/mol. The van der Waals surface area contributed by atoms with Crippen LogP contribution in [0.5, 0.6) is 0 Å². The second-order valence-electron chi connectivity index (χ2n) is 5.12. The van der Waals surface area contributed by atoms with Crippen LogP contribution in [-0.4, -0.2) is 12.6 Å². The molecule has 0 heterocycles. The highest BCUT2D eigenvalue weighted by molar-refractivity contribution is 5.12. The van der Waals surface area contributed by atoms with Gasteiger partial charge < -0.3 is 5.32 Å². The van der Waals surface area contributed by atoms with E-state index in [1.807, 2.05) is 0 Å². The van der Waals surface area contributed by atoms with Gasteiger partial charge in [0.25, 0.3) is 0 Å². The zero-order chi connectivity index (χ0) is 11.8. The molecule has 1 rings (SSSR count). The molecule has 92 valence electrons. The first-order chi connectivity index (χ1) is 7.72. The summed E-state index contributed by atoms with van der Waals surface area (Å²) in [6.45, 7) is 7.74. The van der Waals surface area contributed by atoms with E-state index in [-0.39, 0.29) is 0 Å². The summed E-state index contributed by atoms with van der Waals surface area (Å²) in [4.78, 5) is 0. The Morgan fingerprint density at radius 3 is 2.81 bits per heavy atom. The fraction of sp³-hybridized carbons (Fsp3) is 0.733. The molecular weight excluding hydrogens is 194 g/mol. The predicted molar refractivity (Wildman–Crippen MR) is 72.7 cm³/mol. The molecule has 0 aliphatic heterocycles. The van der Waals surface area contributed by atoms with Gasteiger partial charge in [0.2, 0.25) is 0 Å². The summed E-state index contributed by atoms with van der Waals surface area (Å²) in [5, 5.41) is 3.63. The van der Waals surface area contributed by atoms with Crippen LogP contribution in [0.1, 0.15) is 59.3 Å². The van der Waals surface area contributed by atoms with Crippen molar-refractivity contribution in [1.29, 1.82) is 0 Å². The van der Waals surface area contributed by atoms with E-state index in [1.54, 1.807) is 5.57 Å². The van der Waals surface area contributed by atoms with Gasteiger partial charge in [0.05, 0.1) is 0 Å². The monoisotopic (exact) mass is 221 g/mol. The van der Waals surface area contributed by atoms with E-state index in [4.69, 9.17) is 0 Å². The minimum absolute atomic E-state index is 0.550. The number of allylic oxidation sites excluding steroid dienone is 2. The van der Waals surface area contributed by atoms with Crippen molar-refractivity contribution in [2.75, 3.05) is 6.54 Å². The Hall–Kier alpha value is -0.560. The van der Waals surface area contributed by atoms with Crippen molar-refractivity contribution in [3.05, 3.63) is 23.3 Å². The molecule has 1 aliphatic carbocycles. The lowest BCUT2D eigenvalue weighted by molar-refractivity contribution is 0.558. The van der Waals surface area contributed by atoms with E-state index in [9.17, 15) is 0 Å². The molecule has 1 unspecified atom stereocenters. The zero-order valence-corrected chi connectivity index (χ0v) is 11.2. The van der Waals surface area contributed by atoms with Crippen LogP contribution in [0.3, 0.4) is 0 Å². The van der Waals surface area contributed by atoms with Crippen LogP contribution in [0.25, 0.3) is 0 Å². The Labute approximate surface area is 101 Å². The van der Waals surface area contributed by atoms with Gasteiger partial charge in [-0.25, -0.2) is 0 Å². The summed E-state index contributed by atoms with van der Waals surface area (Å²) in [5.41, 5.74) is 3.09. The zero-order valence-electron chi connectivity index (χ0n) is 11.2. The summed E-state index contributed by atoms with van der Waals surface area (Å²) in [6.07, 6.45) is 12.7. The molecule has 1 nitrogen and oxygen atoms in total. The smallest absolute Gasteiger partial charge is 0.0289 e. The van der Waals surface area contributed by atoms with Gasteiger partial charge in [0.15, 0.2) is 0 Å². The third kappa shape index (κ3) is 5.50. The van der Waals surface area contributed by atoms with Crippen LogP contribution < -0.4 is 5.32 Å². The fourth-order valence-corrected chi connectivity index (χ4v) is 2.29. The fourth-order valence-electron chi connectivity index (χ4n) is 2.29. The van der Waals surface area contributed by atoms with Crippen molar-refractivity contribution in [1.82, 2.24) is 5.32 Å². The minimum Gasteiger partial charge on any atom is -0.310 e. The number of hydrogen-bond donors (Lipinski definition) is 1. The molecule has 16 heavy (non-hydrogen) atoms. The van der Waals surface area contributed by atoms with Gasteiger partial charge >= 0.3 is 0 Å². The number of hydrogen-bond acceptors (Lipinski definition) is 1. The summed E-state index contributed by atoms with van der Waals surface area (Å²) >= 11 is 0. The van der Waals surface area contributed by atoms with Gasteiger partial charge in [-0.3, -0.25) is 0 Å². The molecule has 0 bridgehead atoms. The molecule has 1 heteroatoms. The molecule has 0 saturated heterocycles. The Morgan fingerprint density at radius 2 is 2.25 bits per heavy atom. The normalized spacial score (nSPS) is 17.8. The van der Waals surface area contributed by atoms with E-state index in [2.05, 4.69) is 38.2 Å².